The van der Waals surface area contributed by atoms with E-state index in [4.69, 9.17) is 9.72 Å². The van der Waals surface area contributed by atoms with Crippen LogP contribution in [0.3, 0.4) is 0 Å². The molecule has 0 aliphatic carbocycles. The number of hydrogen-bond acceptors (Lipinski definition) is 5. The average Bonchev–Trinajstić information content (AvgIpc) is 3.10. The van der Waals surface area contributed by atoms with Crippen LogP contribution >= 0.6 is 23.1 Å². The van der Waals surface area contributed by atoms with Crippen LogP contribution in [-0.2, 0) is 10.5 Å². The van der Waals surface area contributed by atoms with Crippen molar-refractivity contribution in [2.75, 3.05) is 12.4 Å². The molecule has 2 aromatic carbocycles. The van der Waals surface area contributed by atoms with Gasteiger partial charge in [-0.2, -0.15) is 0 Å². The monoisotopic (exact) mass is 370 g/mol. The summed E-state index contributed by atoms with van der Waals surface area (Å²) < 4.78 is 5.18. The zero-order valence-electron chi connectivity index (χ0n) is 14.0. The van der Waals surface area contributed by atoms with Gasteiger partial charge in [0, 0.05) is 34.2 Å². The Morgan fingerprint density at radius 2 is 1.88 bits per heavy atom. The molecule has 0 spiro atoms. The van der Waals surface area contributed by atoms with Gasteiger partial charge in [0.25, 0.3) is 0 Å². The molecule has 0 aliphatic rings. The van der Waals surface area contributed by atoms with Gasteiger partial charge in [0.05, 0.1) is 12.8 Å². The number of ether oxygens (including phenoxy) is 1. The lowest BCUT2D eigenvalue weighted by molar-refractivity contribution is -0.114. The highest BCUT2D eigenvalue weighted by Crippen LogP contribution is 2.29. The molecule has 0 unspecified atom stereocenters. The van der Waals surface area contributed by atoms with E-state index in [9.17, 15) is 4.79 Å². The molecule has 3 rings (SSSR count). The SMILES string of the molecule is COc1ccc(-c2nc(CSc3ccc(NC(C)=O)cc3)cs2)cc1. The van der Waals surface area contributed by atoms with Gasteiger partial charge in [0.1, 0.15) is 10.8 Å². The fourth-order valence-corrected chi connectivity index (χ4v) is 3.96. The molecule has 1 aromatic heterocycles. The van der Waals surface area contributed by atoms with E-state index in [1.165, 1.54) is 6.92 Å². The van der Waals surface area contributed by atoms with Crippen LogP contribution in [0.4, 0.5) is 5.69 Å². The smallest absolute Gasteiger partial charge is 0.221 e. The minimum Gasteiger partial charge on any atom is -0.497 e. The summed E-state index contributed by atoms with van der Waals surface area (Å²) in [5, 5.41) is 5.88. The summed E-state index contributed by atoms with van der Waals surface area (Å²) in [6.45, 7) is 1.51. The standard InChI is InChI=1S/C19H18N2O2S2/c1-13(22)20-15-5-9-18(10-6-15)24-11-16-12-25-19(21-16)14-3-7-17(23-2)8-4-14/h3-10,12H,11H2,1-2H3,(H,20,22). The summed E-state index contributed by atoms with van der Waals surface area (Å²) in [6.07, 6.45) is 0. The number of hydrogen-bond donors (Lipinski definition) is 1. The third kappa shape index (κ3) is 4.84. The third-order valence-electron chi connectivity index (χ3n) is 3.45. The van der Waals surface area contributed by atoms with E-state index >= 15 is 0 Å². The molecule has 4 nitrogen and oxygen atoms in total. The van der Waals surface area contributed by atoms with Crippen LogP contribution in [0, 0.1) is 0 Å². The molecule has 1 amide bonds. The second-order valence-corrected chi connectivity index (χ2v) is 7.27. The van der Waals surface area contributed by atoms with Gasteiger partial charge >= 0.3 is 0 Å². The number of thioether (sulfide) groups is 1. The number of carbonyl (C=O) groups is 1. The van der Waals surface area contributed by atoms with Crippen molar-refractivity contribution >= 4 is 34.7 Å². The molecule has 25 heavy (non-hydrogen) atoms. The van der Waals surface area contributed by atoms with Crippen LogP contribution in [0.1, 0.15) is 12.6 Å². The number of aromatic nitrogens is 1. The van der Waals surface area contributed by atoms with Crippen LogP contribution in [0.5, 0.6) is 5.75 Å². The van der Waals surface area contributed by atoms with Gasteiger partial charge in [-0.25, -0.2) is 4.98 Å². The summed E-state index contributed by atoms with van der Waals surface area (Å²) >= 11 is 3.37. The largest absolute Gasteiger partial charge is 0.497 e. The molecule has 6 heteroatoms. The van der Waals surface area contributed by atoms with Crippen LogP contribution in [0.2, 0.25) is 0 Å². The maximum atomic E-state index is 11.0. The number of nitrogens with one attached hydrogen (secondary N) is 1. The van der Waals surface area contributed by atoms with Crippen molar-refractivity contribution in [3.05, 3.63) is 59.6 Å². The molecule has 0 saturated heterocycles. The van der Waals surface area contributed by atoms with Gasteiger partial charge in [-0.3, -0.25) is 4.79 Å². The average molecular weight is 370 g/mol. The Bertz CT molecular complexity index is 843. The second-order valence-electron chi connectivity index (χ2n) is 5.37. The third-order valence-corrected chi connectivity index (χ3v) is 5.44. The summed E-state index contributed by atoms with van der Waals surface area (Å²) in [6, 6.07) is 15.8. The zero-order valence-corrected chi connectivity index (χ0v) is 15.6. The molecule has 0 fully saturated rings. The van der Waals surface area contributed by atoms with E-state index in [2.05, 4.69) is 10.7 Å². The molecule has 3 aromatic rings. The van der Waals surface area contributed by atoms with Crippen molar-refractivity contribution < 1.29 is 9.53 Å². The highest BCUT2D eigenvalue weighted by molar-refractivity contribution is 7.98. The number of carbonyl (C=O) groups excluding carboxylic acids is 1. The second kappa shape index (κ2) is 8.18. The van der Waals surface area contributed by atoms with Gasteiger partial charge in [0.2, 0.25) is 5.91 Å². The lowest BCUT2D eigenvalue weighted by atomic mass is 10.2. The van der Waals surface area contributed by atoms with Crippen molar-refractivity contribution in [2.45, 2.75) is 17.6 Å². The first-order valence-corrected chi connectivity index (χ1v) is 9.60. The minimum atomic E-state index is -0.0612. The number of amides is 1. The zero-order chi connectivity index (χ0) is 17.6. The van der Waals surface area contributed by atoms with Gasteiger partial charge in [-0.1, -0.05) is 0 Å². The molecule has 0 radical (unpaired) electrons. The van der Waals surface area contributed by atoms with E-state index in [-0.39, 0.29) is 5.91 Å². The molecule has 0 saturated carbocycles. The Labute approximate surface area is 155 Å². The molecule has 0 atom stereocenters. The van der Waals surface area contributed by atoms with Gasteiger partial charge < -0.3 is 10.1 Å². The van der Waals surface area contributed by atoms with Crippen LogP contribution < -0.4 is 10.1 Å². The molecule has 1 N–H and O–H groups in total. The molecule has 0 aliphatic heterocycles. The fourth-order valence-electron chi connectivity index (χ4n) is 2.23. The normalized spacial score (nSPS) is 10.5. The molecule has 128 valence electrons. The van der Waals surface area contributed by atoms with Crippen molar-refractivity contribution in [3.8, 4) is 16.3 Å². The fraction of sp³-hybridized carbons (Fsp3) is 0.158. The number of rotatable bonds is 6. The predicted molar refractivity (Wildman–Crippen MR) is 104 cm³/mol. The van der Waals surface area contributed by atoms with Gasteiger partial charge in [-0.15, -0.1) is 23.1 Å². The number of benzene rings is 2. The van der Waals surface area contributed by atoms with E-state index in [1.54, 1.807) is 30.2 Å². The molecular weight excluding hydrogens is 352 g/mol. The van der Waals surface area contributed by atoms with Crippen LogP contribution in [-0.4, -0.2) is 18.0 Å². The topological polar surface area (TPSA) is 51.2 Å². The number of thiazole rings is 1. The van der Waals surface area contributed by atoms with E-state index in [0.29, 0.717) is 0 Å². The first kappa shape index (κ1) is 17.5. The Balaban J connectivity index is 1.60. The van der Waals surface area contributed by atoms with Crippen LogP contribution in [0.25, 0.3) is 10.6 Å². The van der Waals surface area contributed by atoms with Crippen molar-refractivity contribution in [1.82, 2.24) is 4.98 Å². The Hall–Kier alpha value is -2.31. The van der Waals surface area contributed by atoms with E-state index in [0.717, 1.165) is 38.4 Å². The first-order valence-electron chi connectivity index (χ1n) is 7.73. The van der Waals surface area contributed by atoms with Gasteiger partial charge in [0.15, 0.2) is 0 Å². The summed E-state index contributed by atoms with van der Waals surface area (Å²) in [7, 11) is 1.66. The number of nitrogens with zero attached hydrogens (tertiary/aromatic N) is 1. The summed E-state index contributed by atoms with van der Waals surface area (Å²) in [4.78, 5) is 16.9. The van der Waals surface area contributed by atoms with Crippen molar-refractivity contribution in [1.29, 1.82) is 0 Å². The van der Waals surface area contributed by atoms with Gasteiger partial charge in [-0.05, 0) is 48.5 Å². The minimum absolute atomic E-state index is 0.0612. The Morgan fingerprint density at radius 1 is 1.16 bits per heavy atom. The Kier molecular flexibility index (Phi) is 5.73. The molecule has 0 bridgehead atoms. The molecule has 1 heterocycles. The quantitative estimate of drug-likeness (QED) is 0.616. The first-order chi connectivity index (χ1) is 12.1. The maximum Gasteiger partial charge on any atom is 0.221 e. The highest BCUT2D eigenvalue weighted by atomic mass is 32.2. The maximum absolute atomic E-state index is 11.0. The van der Waals surface area contributed by atoms with E-state index < -0.39 is 0 Å². The summed E-state index contributed by atoms with van der Waals surface area (Å²) in [5.41, 5.74) is 2.97. The Morgan fingerprint density at radius 3 is 2.52 bits per heavy atom. The van der Waals surface area contributed by atoms with Crippen molar-refractivity contribution in [3.63, 3.8) is 0 Å². The molecular formula is C19H18N2O2S2. The lowest BCUT2D eigenvalue weighted by Gasteiger charge is -2.03. The van der Waals surface area contributed by atoms with Crippen LogP contribution in [0.15, 0.2) is 58.8 Å². The lowest BCUT2D eigenvalue weighted by Crippen LogP contribution is -2.05. The predicted octanol–water partition coefficient (Wildman–Crippen LogP) is 5.07. The summed E-state index contributed by atoms with van der Waals surface area (Å²) in [5.74, 6) is 1.60. The highest BCUT2D eigenvalue weighted by Gasteiger charge is 2.06. The number of anilines is 1. The number of methoxy groups -OCH3 is 1. The van der Waals surface area contributed by atoms with E-state index in [1.807, 2.05) is 48.5 Å². The van der Waals surface area contributed by atoms with Crippen molar-refractivity contribution in [2.24, 2.45) is 0 Å².